The number of halogens is 1. The minimum absolute atomic E-state index is 0.127. The first-order valence-corrected chi connectivity index (χ1v) is 10.8. The van der Waals surface area contributed by atoms with Crippen LogP contribution >= 0.6 is 27.3 Å². The van der Waals surface area contributed by atoms with Crippen molar-refractivity contribution in [3.05, 3.63) is 63.2 Å². The largest absolute Gasteiger partial charge is 0.507 e. The van der Waals surface area contributed by atoms with Gasteiger partial charge in [0.15, 0.2) is 11.5 Å². The van der Waals surface area contributed by atoms with Gasteiger partial charge in [0, 0.05) is 21.0 Å². The van der Waals surface area contributed by atoms with Crippen LogP contribution in [0.1, 0.15) is 5.56 Å². The molecule has 2 aromatic carbocycles. The highest BCUT2D eigenvalue weighted by atomic mass is 79.9. The molecule has 1 N–H and O–H groups in total. The van der Waals surface area contributed by atoms with Crippen LogP contribution in [-0.2, 0) is 0 Å². The lowest BCUT2D eigenvalue weighted by Gasteiger charge is -2.14. The van der Waals surface area contributed by atoms with Crippen LogP contribution in [-0.4, -0.2) is 43.9 Å². The van der Waals surface area contributed by atoms with Crippen molar-refractivity contribution in [1.82, 2.24) is 4.68 Å². The molecule has 3 aromatic rings. The van der Waals surface area contributed by atoms with E-state index in [1.165, 1.54) is 11.3 Å². The van der Waals surface area contributed by atoms with Crippen LogP contribution in [0.3, 0.4) is 0 Å². The van der Waals surface area contributed by atoms with E-state index < -0.39 is 0 Å². The Balaban J connectivity index is 2.19. The van der Waals surface area contributed by atoms with Gasteiger partial charge in [0.25, 0.3) is 0 Å². The second-order valence-corrected chi connectivity index (χ2v) is 7.96. The molecule has 0 aliphatic heterocycles. The molecule has 0 saturated carbocycles. The predicted molar refractivity (Wildman–Crippen MR) is 127 cm³/mol. The van der Waals surface area contributed by atoms with Crippen LogP contribution < -0.4 is 19.0 Å². The number of hydrogen-bond donors (Lipinski definition) is 1. The Morgan fingerprint density at radius 1 is 1.13 bits per heavy atom. The van der Waals surface area contributed by atoms with Crippen LogP contribution in [0.25, 0.3) is 11.3 Å². The molecule has 1 heterocycles. The van der Waals surface area contributed by atoms with Gasteiger partial charge in [-0.15, -0.1) is 17.9 Å². The first-order chi connectivity index (χ1) is 15.0. The fourth-order valence-corrected chi connectivity index (χ4v) is 4.06. The molecule has 1 aromatic heterocycles. The van der Waals surface area contributed by atoms with E-state index in [0.717, 1.165) is 15.7 Å². The topological polar surface area (TPSA) is 77.6 Å². The average molecular weight is 504 g/mol. The molecule has 0 bridgehead atoms. The standard InChI is InChI=1S/C22H22BrN3O4S/c1-5-8-24-22-26(25-12-15-9-16(23)6-7-18(15)27)17(13-31-22)14-10-19(28-2)21(30-4)20(11-14)29-3/h5-7,9-13,27H,1,8H2,2-4H3. The highest BCUT2D eigenvalue weighted by Gasteiger charge is 2.17. The maximum absolute atomic E-state index is 10.2. The quantitative estimate of drug-likeness (QED) is 0.357. The number of nitrogens with zero attached hydrogens (tertiary/aromatic N) is 3. The molecule has 0 unspecified atom stereocenters. The maximum Gasteiger partial charge on any atom is 0.206 e. The van der Waals surface area contributed by atoms with Crippen molar-refractivity contribution in [2.45, 2.75) is 0 Å². The van der Waals surface area contributed by atoms with Gasteiger partial charge in [0.2, 0.25) is 10.6 Å². The minimum Gasteiger partial charge on any atom is -0.507 e. The third-order valence-corrected chi connectivity index (χ3v) is 5.65. The lowest BCUT2D eigenvalue weighted by molar-refractivity contribution is 0.324. The van der Waals surface area contributed by atoms with Crippen molar-refractivity contribution >= 4 is 33.5 Å². The normalized spacial score (nSPS) is 11.7. The van der Waals surface area contributed by atoms with Gasteiger partial charge in [-0.05, 0) is 30.3 Å². The molecule has 0 aliphatic rings. The number of benzene rings is 2. The van der Waals surface area contributed by atoms with Gasteiger partial charge in [0.1, 0.15) is 5.75 Å². The van der Waals surface area contributed by atoms with Gasteiger partial charge in [-0.25, -0.2) is 4.68 Å². The zero-order valence-corrected chi connectivity index (χ0v) is 19.7. The van der Waals surface area contributed by atoms with Crippen LogP contribution in [0.5, 0.6) is 23.0 Å². The lowest BCUT2D eigenvalue weighted by Crippen LogP contribution is -2.12. The second kappa shape index (κ2) is 10.3. The zero-order chi connectivity index (χ0) is 22.4. The third kappa shape index (κ3) is 5.00. The van der Waals surface area contributed by atoms with E-state index in [1.54, 1.807) is 56.5 Å². The summed E-state index contributed by atoms with van der Waals surface area (Å²) < 4.78 is 18.9. The number of aromatic hydroxyl groups is 1. The predicted octanol–water partition coefficient (Wildman–Crippen LogP) is 4.68. The van der Waals surface area contributed by atoms with E-state index in [4.69, 9.17) is 14.2 Å². The van der Waals surface area contributed by atoms with E-state index >= 15 is 0 Å². The molecule has 0 radical (unpaired) electrons. The number of phenolic OH excluding ortho intramolecular Hbond substituents is 1. The number of rotatable bonds is 8. The fraction of sp³-hybridized carbons (Fsp3) is 0.182. The molecule has 162 valence electrons. The Morgan fingerprint density at radius 2 is 1.84 bits per heavy atom. The third-order valence-electron chi connectivity index (χ3n) is 4.30. The Labute approximate surface area is 192 Å². The molecule has 31 heavy (non-hydrogen) atoms. The van der Waals surface area contributed by atoms with E-state index in [1.807, 2.05) is 17.5 Å². The number of phenols is 1. The summed E-state index contributed by atoms with van der Waals surface area (Å²) >= 11 is 4.85. The SMILES string of the molecule is C=CCN=c1scc(-c2cc(OC)c(OC)c(OC)c2)n1N=Cc1cc(Br)ccc1O. The molecule has 0 spiro atoms. The lowest BCUT2D eigenvalue weighted by atomic mass is 10.1. The molecule has 0 fully saturated rings. The molecule has 3 rings (SSSR count). The average Bonchev–Trinajstić information content (AvgIpc) is 3.19. The minimum atomic E-state index is 0.127. The Morgan fingerprint density at radius 3 is 2.45 bits per heavy atom. The van der Waals surface area contributed by atoms with Crippen molar-refractivity contribution in [2.75, 3.05) is 27.9 Å². The van der Waals surface area contributed by atoms with Crippen molar-refractivity contribution in [3.63, 3.8) is 0 Å². The van der Waals surface area contributed by atoms with E-state index in [0.29, 0.717) is 34.2 Å². The van der Waals surface area contributed by atoms with Crippen molar-refractivity contribution in [3.8, 4) is 34.3 Å². The Hall–Kier alpha value is -3.04. The van der Waals surface area contributed by atoms with Gasteiger partial charge < -0.3 is 19.3 Å². The van der Waals surface area contributed by atoms with Gasteiger partial charge in [0.05, 0.1) is 39.8 Å². The summed E-state index contributed by atoms with van der Waals surface area (Å²) in [6, 6.07) is 8.85. The van der Waals surface area contributed by atoms with E-state index in [9.17, 15) is 5.11 Å². The Bertz CT molecular complexity index is 1160. The molecule has 0 amide bonds. The summed E-state index contributed by atoms with van der Waals surface area (Å²) in [7, 11) is 4.70. The first-order valence-electron chi connectivity index (χ1n) is 9.17. The number of thiazole rings is 1. The number of hydrogen-bond acceptors (Lipinski definition) is 7. The van der Waals surface area contributed by atoms with Crippen LogP contribution in [0, 0.1) is 0 Å². The van der Waals surface area contributed by atoms with Gasteiger partial charge >= 0.3 is 0 Å². The van der Waals surface area contributed by atoms with Crippen LogP contribution in [0.4, 0.5) is 0 Å². The molecular weight excluding hydrogens is 482 g/mol. The second-order valence-electron chi connectivity index (χ2n) is 6.21. The highest BCUT2D eigenvalue weighted by molar-refractivity contribution is 9.10. The summed E-state index contributed by atoms with van der Waals surface area (Å²) in [5.41, 5.74) is 2.15. The van der Waals surface area contributed by atoms with E-state index in [2.05, 4.69) is 32.6 Å². The van der Waals surface area contributed by atoms with Crippen molar-refractivity contribution < 1.29 is 19.3 Å². The molecule has 0 atom stereocenters. The Kier molecular flexibility index (Phi) is 7.54. The zero-order valence-electron chi connectivity index (χ0n) is 17.3. The molecule has 7 nitrogen and oxygen atoms in total. The highest BCUT2D eigenvalue weighted by Crippen LogP contribution is 2.41. The van der Waals surface area contributed by atoms with Gasteiger partial charge in [-0.3, -0.25) is 4.99 Å². The summed E-state index contributed by atoms with van der Waals surface area (Å²) in [6.07, 6.45) is 3.30. The maximum atomic E-state index is 10.2. The van der Waals surface area contributed by atoms with Crippen molar-refractivity contribution in [2.24, 2.45) is 10.1 Å². The fourth-order valence-electron chi connectivity index (χ4n) is 2.84. The summed E-state index contributed by atoms with van der Waals surface area (Å²) in [5.74, 6) is 1.71. The van der Waals surface area contributed by atoms with Gasteiger partial charge in [-0.2, -0.15) is 5.10 Å². The first kappa shape index (κ1) is 22.6. The monoisotopic (exact) mass is 503 g/mol. The van der Waals surface area contributed by atoms with Crippen LogP contribution in [0.15, 0.2) is 62.9 Å². The molecule has 9 heteroatoms. The summed E-state index contributed by atoms with van der Waals surface area (Å²) in [4.78, 5) is 5.21. The smallest absolute Gasteiger partial charge is 0.206 e. The van der Waals surface area contributed by atoms with Gasteiger partial charge in [-0.1, -0.05) is 22.0 Å². The molecular formula is C22H22BrN3O4S. The van der Waals surface area contributed by atoms with Crippen molar-refractivity contribution in [1.29, 1.82) is 0 Å². The summed E-state index contributed by atoms with van der Waals surface area (Å²) in [5, 5.41) is 16.7. The molecule has 0 aliphatic carbocycles. The molecule has 0 saturated heterocycles. The van der Waals surface area contributed by atoms with E-state index in [-0.39, 0.29) is 5.75 Å². The summed E-state index contributed by atoms with van der Waals surface area (Å²) in [6.45, 7) is 4.18. The number of ether oxygens (including phenoxy) is 3. The van der Waals surface area contributed by atoms with Crippen LogP contribution in [0.2, 0.25) is 0 Å². The number of aromatic nitrogens is 1. The number of methoxy groups -OCH3 is 3.